The molecule has 6 nitrogen and oxygen atoms in total. The fourth-order valence-electron chi connectivity index (χ4n) is 2.39. The molecule has 1 unspecified atom stereocenters. The summed E-state index contributed by atoms with van der Waals surface area (Å²) in [7, 11) is -2.51. The molecule has 116 valence electrons. The van der Waals surface area contributed by atoms with Gasteiger partial charge >= 0.3 is 5.97 Å². The first-order valence-electron chi connectivity index (χ1n) is 6.40. The van der Waals surface area contributed by atoms with Gasteiger partial charge in [0.05, 0.1) is 12.0 Å². The Morgan fingerprint density at radius 1 is 1.52 bits per heavy atom. The predicted octanol–water partition coefficient (Wildman–Crippen LogP) is 1.32. The second kappa shape index (κ2) is 5.98. The van der Waals surface area contributed by atoms with E-state index in [-0.39, 0.29) is 36.1 Å². The van der Waals surface area contributed by atoms with Crippen LogP contribution < -0.4 is 4.74 Å². The van der Waals surface area contributed by atoms with Crippen molar-refractivity contribution in [3.8, 4) is 5.75 Å². The molecular weight excluding hydrogens is 301 g/mol. The highest BCUT2D eigenvalue weighted by atomic mass is 32.2. The number of carboxylic acids is 1. The number of nitrogens with zero attached hydrogens (tertiary/aromatic N) is 1. The smallest absolute Gasteiger partial charge is 0.303 e. The molecule has 2 rings (SSSR count). The van der Waals surface area contributed by atoms with Crippen molar-refractivity contribution in [2.75, 3.05) is 20.2 Å². The molecule has 1 aliphatic heterocycles. The van der Waals surface area contributed by atoms with Gasteiger partial charge in [0.15, 0.2) is 11.6 Å². The normalized spacial score (nSPS) is 19.6. The van der Waals surface area contributed by atoms with Crippen molar-refractivity contribution in [1.29, 1.82) is 0 Å². The standard InChI is InChI=1S/C13H16FNO5S/c1-20-12-3-2-10(7-11(12)14)21(18,19)15-5-4-9(8-15)6-13(16)17/h2-3,7,9H,4-6,8H2,1H3,(H,16,17). The van der Waals surface area contributed by atoms with Crippen molar-refractivity contribution in [2.45, 2.75) is 17.7 Å². The summed E-state index contributed by atoms with van der Waals surface area (Å²) in [5.74, 6) is -1.94. The number of aliphatic carboxylic acids is 1. The average molecular weight is 317 g/mol. The van der Waals surface area contributed by atoms with E-state index in [1.807, 2.05) is 0 Å². The van der Waals surface area contributed by atoms with E-state index >= 15 is 0 Å². The van der Waals surface area contributed by atoms with Gasteiger partial charge in [-0.05, 0) is 30.5 Å². The summed E-state index contributed by atoms with van der Waals surface area (Å²) in [4.78, 5) is 10.5. The molecule has 1 aromatic carbocycles. The van der Waals surface area contributed by atoms with Crippen LogP contribution in [0.2, 0.25) is 0 Å². The van der Waals surface area contributed by atoms with Gasteiger partial charge in [0.1, 0.15) is 0 Å². The number of hydrogen-bond acceptors (Lipinski definition) is 4. The van der Waals surface area contributed by atoms with E-state index in [9.17, 15) is 17.6 Å². The number of carbonyl (C=O) groups is 1. The highest BCUT2D eigenvalue weighted by Gasteiger charge is 2.33. The van der Waals surface area contributed by atoms with Crippen LogP contribution in [0.15, 0.2) is 23.1 Å². The van der Waals surface area contributed by atoms with Crippen LogP contribution in [0.5, 0.6) is 5.75 Å². The number of benzene rings is 1. The highest BCUT2D eigenvalue weighted by molar-refractivity contribution is 7.89. The summed E-state index contributed by atoms with van der Waals surface area (Å²) < 4.78 is 44.4. The van der Waals surface area contributed by atoms with E-state index in [0.29, 0.717) is 6.42 Å². The first-order valence-corrected chi connectivity index (χ1v) is 7.84. The summed E-state index contributed by atoms with van der Waals surface area (Å²) in [6, 6.07) is 3.45. The van der Waals surface area contributed by atoms with Gasteiger partial charge in [-0.25, -0.2) is 12.8 Å². The average Bonchev–Trinajstić information content (AvgIpc) is 2.87. The summed E-state index contributed by atoms with van der Waals surface area (Å²) in [5.41, 5.74) is 0. The quantitative estimate of drug-likeness (QED) is 0.885. The molecule has 0 aliphatic carbocycles. The first kappa shape index (κ1) is 15.7. The Morgan fingerprint density at radius 2 is 2.24 bits per heavy atom. The number of rotatable bonds is 5. The lowest BCUT2D eigenvalue weighted by Crippen LogP contribution is -2.29. The van der Waals surface area contributed by atoms with E-state index < -0.39 is 21.8 Å². The van der Waals surface area contributed by atoms with Crippen molar-refractivity contribution in [1.82, 2.24) is 4.31 Å². The minimum atomic E-state index is -3.81. The van der Waals surface area contributed by atoms with Crippen LogP contribution in [0.1, 0.15) is 12.8 Å². The molecule has 0 spiro atoms. The van der Waals surface area contributed by atoms with Gasteiger partial charge in [-0.15, -0.1) is 0 Å². The van der Waals surface area contributed by atoms with Crippen molar-refractivity contribution < 1.29 is 27.4 Å². The maximum absolute atomic E-state index is 13.6. The molecule has 0 radical (unpaired) electrons. The van der Waals surface area contributed by atoms with Gasteiger partial charge in [-0.2, -0.15) is 4.31 Å². The third kappa shape index (κ3) is 3.33. The zero-order chi connectivity index (χ0) is 15.6. The van der Waals surface area contributed by atoms with Crippen LogP contribution in [0.3, 0.4) is 0 Å². The topological polar surface area (TPSA) is 83.9 Å². The number of carboxylic acid groups (broad SMARTS) is 1. The van der Waals surface area contributed by atoms with Gasteiger partial charge in [0.25, 0.3) is 0 Å². The number of sulfonamides is 1. The van der Waals surface area contributed by atoms with Crippen LogP contribution >= 0.6 is 0 Å². The Morgan fingerprint density at radius 3 is 2.81 bits per heavy atom. The molecule has 1 fully saturated rings. The minimum Gasteiger partial charge on any atom is -0.494 e. The molecule has 1 aliphatic rings. The molecule has 1 saturated heterocycles. The molecule has 1 heterocycles. The zero-order valence-corrected chi connectivity index (χ0v) is 12.3. The SMILES string of the molecule is COc1ccc(S(=O)(=O)N2CCC(CC(=O)O)C2)cc1F. The Hall–Kier alpha value is -1.67. The molecule has 0 saturated carbocycles. The molecular formula is C13H16FNO5S. The number of methoxy groups -OCH3 is 1. The van der Waals surface area contributed by atoms with Gasteiger partial charge in [-0.1, -0.05) is 0 Å². The van der Waals surface area contributed by atoms with Gasteiger partial charge in [-0.3, -0.25) is 4.79 Å². The fraction of sp³-hybridized carbons (Fsp3) is 0.462. The molecule has 0 aromatic heterocycles. The van der Waals surface area contributed by atoms with E-state index in [0.717, 1.165) is 6.07 Å². The monoisotopic (exact) mass is 317 g/mol. The fourth-order valence-corrected chi connectivity index (χ4v) is 3.93. The predicted molar refractivity (Wildman–Crippen MR) is 72.1 cm³/mol. The van der Waals surface area contributed by atoms with Crippen molar-refractivity contribution >= 4 is 16.0 Å². The van der Waals surface area contributed by atoms with Gasteiger partial charge < -0.3 is 9.84 Å². The summed E-state index contributed by atoms with van der Waals surface area (Å²) in [6.45, 7) is 0.385. The van der Waals surface area contributed by atoms with Crippen LogP contribution in [0.4, 0.5) is 4.39 Å². The van der Waals surface area contributed by atoms with Gasteiger partial charge in [0.2, 0.25) is 10.0 Å². The van der Waals surface area contributed by atoms with Crippen molar-refractivity contribution in [3.63, 3.8) is 0 Å². The first-order chi connectivity index (χ1) is 9.84. The van der Waals surface area contributed by atoms with Crippen molar-refractivity contribution in [3.05, 3.63) is 24.0 Å². The van der Waals surface area contributed by atoms with E-state index in [4.69, 9.17) is 9.84 Å². The van der Waals surface area contributed by atoms with E-state index in [1.165, 1.54) is 23.5 Å². The highest BCUT2D eigenvalue weighted by Crippen LogP contribution is 2.28. The number of hydrogen-bond donors (Lipinski definition) is 1. The Kier molecular flexibility index (Phi) is 4.48. The summed E-state index contributed by atoms with van der Waals surface area (Å²) >= 11 is 0. The third-order valence-corrected chi connectivity index (χ3v) is 5.33. The summed E-state index contributed by atoms with van der Waals surface area (Å²) in [6.07, 6.45) is 0.424. The zero-order valence-electron chi connectivity index (χ0n) is 11.5. The molecule has 1 aromatic rings. The number of halogens is 1. The van der Waals surface area contributed by atoms with Crippen LogP contribution in [-0.2, 0) is 14.8 Å². The lowest BCUT2D eigenvalue weighted by molar-refractivity contribution is -0.137. The Bertz CT molecular complexity index is 646. The van der Waals surface area contributed by atoms with E-state index in [1.54, 1.807) is 0 Å². The molecule has 1 atom stereocenters. The second-order valence-corrected chi connectivity index (χ2v) is 6.85. The van der Waals surface area contributed by atoms with Gasteiger partial charge in [0, 0.05) is 19.5 Å². The molecule has 21 heavy (non-hydrogen) atoms. The molecule has 0 bridgehead atoms. The lowest BCUT2D eigenvalue weighted by atomic mass is 10.1. The maximum Gasteiger partial charge on any atom is 0.303 e. The molecule has 0 amide bonds. The van der Waals surface area contributed by atoms with Crippen LogP contribution in [0, 0.1) is 11.7 Å². The number of ether oxygens (including phenoxy) is 1. The Balaban J connectivity index is 2.19. The molecule has 8 heteroatoms. The second-order valence-electron chi connectivity index (χ2n) is 4.91. The van der Waals surface area contributed by atoms with Crippen LogP contribution in [0.25, 0.3) is 0 Å². The lowest BCUT2D eigenvalue weighted by Gasteiger charge is -2.16. The largest absolute Gasteiger partial charge is 0.494 e. The maximum atomic E-state index is 13.6. The Labute approximate surface area is 122 Å². The minimum absolute atomic E-state index is 0.0286. The molecule has 1 N–H and O–H groups in total. The third-order valence-electron chi connectivity index (χ3n) is 3.47. The van der Waals surface area contributed by atoms with Crippen LogP contribution in [-0.4, -0.2) is 44.0 Å². The summed E-state index contributed by atoms with van der Waals surface area (Å²) in [5, 5.41) is 8.74. The van der Waals surface area contributed by atoms with Crippen molar-refractivity contribution in [2.24, 2.45) is 5.92 Å². The van der Waals surface area contributed by atoms with E-state index in [2.05, 4.69) is 0 Å².